The number of anilines is 2. The number of carbonyl (C=O) groups excluding carboxylic acids is 2. The summed E-state index contributed by atoms with van der Waals surface area (Å²) in [7, 11) is 5.90. The Morgan fingerprint density at radius 2 is 1.70 bits per heavy atom. The molecule has 1 amide bonds. The molecule has 1 atom stereocenters. The van der Waals surface area contributed by atoms with Crippen LogP contribution in [0.3, 0.4) is 0 Å². The first kappa shape index (κ1) is 27.4. The summed E-state index contributed by atoms with van der Waals surface area (Å²) < 4.78 is 2.03. The molecule has 2 heterocycles. The van der Waals surface area contributed by atoms with E-state index in [2.05, 4.69) is 20.6 Å². The standard InChI is InChI=1S/C32H38N6O2/c1-21-9-11-22(12-10-21)29(39)19-26(27-20-38(4)28-8-6-5-7-25(27)28)31(40)34-23-13-15-24(16-14-23)35-32-33-18-17-30(36-32)37(2)3/h5-12,17-18,20,23-24,26H,13-16,19H2,1-4H3,(H,34,40)(H,33,35,36). The highest BCUT2D eigenvalue weighted by atomic mass is 16.2. The van der Waals surface area contributed by atoms with Gasteiger partial charge in [-0.05, 0) is 50.3 Å². The number of nitrogens with zero attached hydrogens (tertiary/aromatic N) is 4. The molecule has 40 heavy (non-hydrogen) atoms. The summed E-state index contributed by atoms with van der Waals surface area (Å²) in [4.78, 5) is 38.1. The average Bonchev–Trinajstić information content (AvgIpc) is 3.29. The molecule has 1 unspecified atom stereocenters. The topological polar surface area (TPSA) is 92.2 Å². The van der Waals surface area contributed by atoms with E-state index >= 15 is 0 Å². The average molecular weight is 539 g/mol. The number of Topliss-reactive ketones (excluding diaryl/α,β-unsaturated/α-hetero) is 1. The monoisotopic (exact) mass is 538 g/mol. The smallest absolute Gasteiger partial charge is 0.228 e. The van der Waals surface area contributed by atoms with Crippen LogP contribution < -0.4 is 15.5 Å². The van der Waals surface area contributed by atoms with Crippen LogP contribution in [0.5, 0.6) is 0 Å². The summed E-state index contributed by atoms with van der Waals surface area (Å²) in [5.74, 6) is 0.802. The molecule has 8 nitrogen and oxygen atoms in total. The van der Waals surface area contributed by atoms with Crippen LogP contribution in [-0.4, -0.2) is 52.4 Å². The molecule has 0 aliphatic heterocycles. The van der Waals surface area contributed by atoms with Crippen molar-refractivity contribution in [1.29, 1.82) is 0 Å². The van der Waals surface area contributed by atoms with Crippen molar-refractivity contribution in [3.8, 4) is 0 Å². The normalized spacial score (nSPS) is 17.8. The van der Waals surface area contributed by atoms with Crippen molar-refractivity contribution in [2.75, 3.05) is 24.3 Å². The Hall–Kier alpha value is -4.20. The van der Waals surface area contributed by atoms with Crippen LogP contribution in [0.25, 0.3) is 10.9 Å². The van der Waals surface area contributed by atoms with Gasteiger partial charge in [-0.15, -0.1) is 0 Å². The Morgan fingerprint density at radius 1 is 1.00 bits per heavy atom. The van der Waals surface area contributed by atoms with E-state index in [1.54, 1.807) is 6.20 Å². The Balaban J connectivity index is 1.29. The number of aryl methyl sites for hydroxylation is 2. The minimum Gasteiger partial charge on any atom is -0.363 e. The third-order valence-electron chi connectivity index (χ3n) is 7.89. The molecule has 1 aliphatic rings. The van der Waals surface area contributed by atoms with Crippen LogP contribution >= 0.6 is 0 Å². The summed E-state index contributed by atoms with van der Waals surface area (Å²) in [6, 6.07) is 17.8. The van der Waals surface area contributed by atoms with Crippen molar-refractivity contribution >= 4 is 34.4 Å². The molecular weight excluding hydrogens is 500 g/mol. The van der Waals surface area contributed by atoms with Crippen molar-refractivity contribution < 1.29 is 9.59 Å². The zero-order chi connectivity index (χ0) is 28.2. The Bertz CT molecular complexity index is 1490. The molecule has 4 aromatic rings. The number of hydrogen-bond donors (Lipinski definition) is 2. The van der Waals surface area contributed by atoms with E-state index in [4.69, 9.17) is 0 Å². The van der Waals surface area contributed by atoms with E-state index < -0.39 is 5.92 Å². The lowest BCUT2D eigenvalue weighted by molar-refractivity contribution is -0.123. The first-order valence-corrected chi connectivity index (χ1v) is 14.0. The minimum atomic E-state index is -0.571. The third kappa shape index (κ3) is 6.17. The van der Waals surface area contributed by atoms with Crippen molar-refractivity contribution in [2.24, 2.45) is 7.05 Å². The summed E-state index contributed by atoms with van der Waals surface area (Å²) in [5, 5.41) is 7.77. The maximum atomic E-state index is 13.8. The molecule has 0 saturated heterocycles. The fourth-order valence-corrected chi connectivity index (χ4v) is 5.57. The Morgan fingerprint density at radius 3 is 2.42 bits per heavy atom. The number of para-hydroxylation sites is 1. The highest BCUT2D eigenvalue weighted by molar-refractivity contribution is 6.01. The summed E-state index contributed by atoms with van der Waals surface area (Å²) >= 11 is 0. The number of benzene rings is 2. The lowest BCUT2D eigenvalue weighted by atomic mass is 9.88. The molecule has 2 aromatic heterocycles. The number of rotatable bonds is 9. The van der Waals surface area contributed by atoms with E-state index in [0.29, 0.717) is 11.5 Å². The fraction of sp³-hybridized carbons (Fsp3) is 0.375. The van der Waals surface area contributed by atoms with Crippen LogP contribution in [0, 0.1) is 6.92 Å². The van der Waals surface area contributed by atoms with E-state index in [9.17, 15) is 9.59 Å². The molecule has 0 radical (unpaired) electrons. The number of hydrogen-bond acceptors (Lipinski definition) is 6. The second kappa shape index (κ2) is 11.9. The lowest BCUT2D eigenvalue weighted by Crippen LogP contribution is -2.42. The zero-order valence-corrected chi connectivity index (χ0v) is 23.7. The van der Waals surface area contributed by atoms with E-state index in [1.807, 2.05) is 98.3 Å². The highest BCUT2D eigenvalue weighted by Crippen LogP contribution is 2.32. The van der Waals surface area contributed by atoms with Crippen LogP contribution in [0.4, 0.5) is 11.8 Å². The number of ketones is 1. The van der Waals surface area contributed by atoms with Crippen molar-refractivity contribution in [2.45, 2.75) is 57.0 Å². The SMILES string of the molecule is Cc1ccc(C(=O)CC(C(=O)NC2CCC(Nc3nccc(N(C)C)n3)CC2)c2cn(C)c3ccccc23)cc1. The molecule has 1 saturated carbocycles. The second-order valence-electron chi connectivity index (χ2n) is 11.1. The Labute approximate surface area is 235 Å². The third-order valence-corrected chi connectivity index (χ3v) is 7.89. The minimum absolute atomic E-state index is 0.0269. The van der Waals surface area contributed by atoms with Crippen LogP contribution in [0.2, 0.25) is 0 Å². The molecular formula is C32H38N6O2. The lowest BCUT2D eigenvalue weighted by Gasteiger charge is -2.31. The first-order valence-electron chi connectivity index (χ1n) is 14.0. The second-order valence-corrected chi connectivity index (χ2v) is 11.1. The van der Waals surface area contributed by atoms with Gasteiger partial charge < -0.3 is 20.1 Å². The number of nitrogens with one attached hydrogen (secondary N) is 2. The number of aromatic nitrogens is 3. The maximum Gasteiger partial charge on any atom is 0.228 e. The predicted octanol–water partition coefficient (Wildman–Crippen LogP) is 5.24. The highest BCUT2D eigenvalue weighted by Gasteiger charge is 2.30. The first-order chi connectivity index (χ1) is 19.3. The summed E-state index contributed by atoms with van der Waals surface area (Å²) in [6.07, 6.45) is 7.40. The van der Waals surface area contributed by atoms with Gasteiger partial charge >= 0.3 is 0 Å². The molecule has 5 rings (SSSR count). The van der Waals surface area contributed by atoms with Crippen LogP contribution in [0.1, 0.15) is 59.5 Å². The van der Waals surface area contributed by atoms with Gasteiger partial charge in [0.1, 0.15) is 5.82 Å². The van der Waals surface area contributed by atoms with Gasteiger partial charge in [0.05, 0.1) is 5.92 Å². The largest absolute Gasteiger partial charge is 0.363 e. The van der Waals surface area contributed by atoms with Gasteiger partial charge in [-0.1, -0.05) is 48.0 Å². The quantitative estimate of drug-likeness (QED) is 0.283. The van der Waals surface area contributed by atoms with Crippen LogP contribution in [-0.2, 0) is 11.8 Å². The molecule has 0 spiro atoms. The molecule has 8 heteroatoms. The van der Waals surface area contributed by atoms with E-state index in [-0.39, 0.29) is 30.2 Å². The summed E-state index contributed by atoms with van der Waals surface area (Å²) in [5.41, 5.74) is 3.67. The van der Waals surface area contributed by atoms with Crippen molar-refractivity contribution in [1.82, 2.24) is 19.9 Å². The van der Waals surface area contributed by atoms with Crippen molar-refractivity contribution in [3.63, 3.8) is 0 Å². The summed E-state index contributed by atoms with van der Waals surface area (Å²) in [6.45, 7) is 2.00. The van der Waals surface area contributed by atoms with Gasteiger partial charge in [-0.2, -0.15) is 4.98 Å². The fourth-order valence-electron chi connectivity index (χ4n) is 5.57. The molecule has 0 bridgehead atoms. The van der Waals surface area contributed by atoms with Crippen molar-refractivity contribution in [3.05, 3.63) is 83.7 Å². The van der Waals surface area contributed by atoms with Gasteiger partial charge in [0.2, 0.25) is 11.9 Å². The molecule has 2 aromatic carbocycles. The Kier molecular flexibility index (Phi) is 8.14. The van der Waals surface area contributed by atoms with Gasteiger partial charge in [-0.3, -0.25) is 9.59 Å². The zero-order valence-electron chi connectivity index (χ0n) is 23.7. The molecule has 208 valence electrons. The predicted molar refractivity (Wildman–Crippen MR) is 160 cm³/mol. The maximum absolute atomic E-state index is 13.8. The molecule has 1 fully saturated rings. The molecule has 2 N–H and O–H groups in total. The van der Waals surface area contributed by atoms with E-state index in [1.165, 1.54) is 0 Å². The van der Waals surface area contributed by atoms with Gasteiger partial charge in [0, 0.05) is 68.5 Å². The number of carbonyl (C=O) groups is 2. The molecule has 1 aliphatic carbocycles. The van der Waals surface area contributed by atoms with Gasteiger partial charge in [-0.25, -0.2) is 4.98 Å². The number of amides is 1. The van der Waals surface area contributed by atoms with Gasteiger partial charge in [0.15, 0.2) is 5.78 Å². The van der Waals surface area contributed by atoms with Crippen LogP contribution in [0.15, 0.2) is 67.0 Å². The number of fused-ring (bicyclic) bond motifs is 1. The van der Waals surface area contributed by atoms with E-state index in [0.717, 1.165) is 53.5 Å². The van der Waals surface area contributed by atoms with Gasteiger partial charge in [0.25, 0.3) is 0 Å².